The van der Waals surface area contributed by atoms with E-state index in [4.69, 9.17) is 39.0 Å². The molecule has 23 heteroatoms. The van der Waals surface area contributed by atoms with Crippen molar-refractivity contribution in [1.29, 1.82) is 0 Å². The van der Waals surface area contributed by atoms with Crippen LogP contribution in [0.4, 0.5) is 11.8 Å². The second-order valence-corrected chi connectivity index (χ2v) is 13.3. The highest BCUT2D eigenvalue weighted by Crippen LogP contribution is 2.56. The first-order chi connectivity index (χ1) is 20.8. The van der Waals surface area contributed by atoms with Crippen molar-refractivity contribution in [1.82, 2.24) is 39.0 Å². The van der Waals surface area contributed by atoms with Gasteiger partial charge in [0.1, 0.15) is 30.3 Å². The minimum Gasteiger partial charge on any atom is -0.382 e. The molecule has 7 N–H and O–H groups in total. The number of nitrogens with one attached hydrogen (secondary N) is 1. The van der Waals surface area contributed by atoms with Gasteiger partial charge in [-0.25, -0.2) is 29.1 Å². The Bertz CT molecular complexity index is 1920. The van der Waals surface area contributed by atoms with Crippen LogP contribution in [0.2, 0.25) is 0 Å². The number of nitrogens with two attached hydrogens (primary N) is 2. The lowest BCUT2D eigenvalue weighted by atomic mass is 10.0. The van der Waals surface area contributed by atoms with Crippen LogP contribution < -0.4 is 17.0 Å². The van der Waals surface area contributed by atoms with E-state index in [0.29, 0.717) is 11.2 Å². The number of aromatic nitrogens is 8. The molecule has 0 aliphatic carbocycles. The van der Waals surface area contributed by atoms with Gasteiger partial charge in [-0.05, 0) is 0 Å². The van der Waals surface area contributed by atoms with Gasteiger partial charge in [0, 0.05) is 12.3 Å². The number of fused-ring (bicyclic) bond motifs is 5. The van der Waals surface area contributed by atoms with Crippen LogP contribution in [0.15, 0.2) is 23.8 Å². The first kappa shape index (κ1) is 29.4. The van der Waals surface area contributed by atoms with E-state index in [1.165, 1.54) is 28.1 Å². The summed E-state index contributed by atoms with van der Waals surface area (Å²) in [5.41, 5.74) is 9.60. The SMILES string of the molecule is C[C@H]1C(n2cnc3c(N)ncnc32)OC2COP(=O)(O)O[C@@]3(n4cnc5c(=O)[nH]c(N)nc54)CO[C@H](COP(=O)(O)O[C@H]21)C3. The highest BCUT2D eigenvalue weighted by Gasteiger charge is 2.53. The average molecular weight is 656 g/mol. The summed E-state index contributed by atoms with van der Waals surface area (Å²) in [5.74, 6) is -0.776. The summed E-state index contributed by atoms with van der Waals surface area (Å²) < 4.78 is 63.2. The van der Waals surface area contributed by atoms with E-state index in [2.05, 4.69) is 29.9 Å². The molecule has 4 aromatic rings. The summed E-state index contributed by atoms with van der Waals surface area (Å²) in [4.78, 5) is 56.8. The van der Waals surface area contributed by atoms with E-state index in [9.17, 15) is 23.7 Å². The molecule has 44 heavy (non-hydrogen) atoms. The maximum absolute atomic E-state index is 13.5. The molecule has 7 rings (SSSR count). The Kier molecular flexibility index (Phi) is 6.90. The largest absolute Gasteiger partial charge is 0.474 e. The molecule has 0 radical (unpaired) electrons. The van der Waals surface area contributed by atoms with Crippen LogP contribution in [0, 0.1) is 5.92 Å². The Balaban J connectivity index is 1.24. The van der Waals surface area contributed by atoms with E-state index in [1.807, 2.05) is 0 Å². The lowest BCUT2D eigenvalue weighted by molar-refractivity contribution is -0.0691. The maximum Gasteiger partial charge on any atom is 0.474 e. The molecular weight excluding hydrogens is 630 g/mol. The average Bonchev–Trinajstić information content (AvgIpc) is 3.72. The highest BCUT2D eigenvalue weighted by atomic mass is 31.2. The molecule has 0 saturated carbocycles. The number of phosphoric ester groups is 2. The minimum absolute atomic E-state index is 0.0650. The predicted molar refractivity (Wildman–Crippen MR) is 145 cm³/mol. The number of hydrogen-bond donors (Lipinski definition) is 5. The lowest BCUT2D eigenvalue weighted by Crippen LogP contribution is -2.37. The number of anilines is 2. The molecule has 0 amide bonds. The van der Waals surface area contributed by atoms with Crippen LogP contribution in [0.5, 0.6) is 0 Å². The molecule has 4 aromatic heterocycles. The van der Waals surface area contributed by atoms with Crippen molar-refractivity contribution in [3.8, 4) is 0 Å². The first-order valence-corrected chi connectivity index (χ1v) is 16.1. The van der Waals surface area contributed by atoms with Crippen molar-refractivity contribution in [2.45, 2.75) is 43.6 Å². The molecule has 7 heterocycles. The number of nitrogen functional groups attached to an aromatic ring is 2. The number of hydrogen-bond acceptors (Lipinski definition) is 16. The van der Waals surface area contributed by atoms with Gasteiger partial charge in [-0.1, -0.05) is 6.92 Å². The van der Waals surface area contributed by atoms with E-state index in [-0.39, 0.29) is 36.0 Å². The Morgan fingerprint density at radius 2 is 1.82 bits per heavy atom. The lowest BCUT2D eigenvalue weighted by Gasteiger charge is -2.31. The minimum atomic E-state index is -4.97. The molecule has 3 saturated heterocycles. The second kappa shape index (κ2) is 10.3. The Morgan fingerprint density at radius 3 is 2.64 bits per heavy atom. The van der Waals surface area contributed by atoms with Crippen LogP contribution in [-0.2, 0) is 42.4 Å². The van der Waals surface area contributed by atoms with Crippen molar-refractivity contribution < 1.29 is 46.5 Å². The number of phosphoric acid groups is 2. The van der Waals surface area contributed by atoms with Crippen LogP contribution in [0.1, 0.15) is 19.6 Å². The summed E-state index contributed by atoms with van der Waals surface area (Å²) in [5, 5.41) is 0. The van der Waals surface area contributed by atoms with Crippen molar-refractivity contribution >= 4 is 49.7 Å². The highest BCUT2D eigenvalue weighted by molar-refractivity contribution is 7.47. The molecule has 21 nitrogen and oxygen atoms in total. The fourth-order valence-corrected chi connectivity index (χ4v) is 7.74. The number of imidazole rings is 2. The summed E-state index contributed by atoms with van der Waals surface area (Å²) in [7, 11) is -9.74. The normalized spacial score (nSPS) is 36.6. The molecule has 2 bridgehead atoms. The monoisotopic (exact) mass is 656 g/mol. The number of nitrogens with zero attached hydrogens (tertiary/aromatic N) is 7. The zero-order valence-corrected chi connectivity index (χ0v) is 24.5. The van der Waals surface area contributed by atoms with Gasteiger partial charge in [0.15, 0.2) is 28.4 Å². The fourth-order valence-electron chi connectivity index (χ4n) is 5.65. The number of rotatable bonds is 2. The van der Waals surface area contributed by atoms with Gasteiger partial charge < -0.3 is 30.7 Å². The van der Waals surface area contributed by atoms with E-state index in [0.717, 1.165) is 0 Å². The number of aromatic amines is 1. The molecule has 4 unspecified atom stereocenters. The third-order valence-corrected chi connectivity index (χ3v) is 9.66. The second-order valence-electron chi connectivity index (χ2n) is 10.5. The zero-order valence-electron chi connectivity index (χ0n) is 22.7. The fraction of sp³-hybridized carbons (Fsp3) is 0.524. The van der Waals surface area contributed by atoms with Crippen molar-refractivity contribution in [2.24, 2.45) is 5.92 Å². The Morgan fingerprint density at radius 1 is 1.05 bits per heavy atom. The van der Waals surface area contributed by atoms with Crippen LogP contribution in [0.3, 0.4) is 0 Å². The Labute approximate surface area is 245 Å². The van der Waals surface area contributed by atoms with Crippen molar-refractivity contribution in [2.75, 3.05) is 31.3 Å². The van der Waals surface area contributed by atoms with Gasteiger partial charge >= 0.3 is 15.6 Å². The molecule has 236 valence electrons. The van der Waals surface area contributed by atoms with Gasteiger partial charge in [0.05, 0.1) is 38.6 Å². The third kappa shape index (κ3) is 5.00. The summed E-state index contributed by atoms with van der Waals surface area (Å²) in [6, 6.07) is 0. The predicted octanol–water partition coefficient (Wildman–Crippen LogP) is -0.251. The van der Waals surface area contributed by atoms with Gasteiger partial charge in [0.2, 0.25) is 5.95 Å². The van der Waals surface area contributed by atoms with Gasteiger partial charge in [0.25, 0.3) is 5.56 Å². The molecule has 3 fully saturated rings. The summed E-state index contributed by atoms with van der Waals surface area (Å²) >= 11 is 0. The molecule has 8 atom stereocenters. The smallest absolute Gasteiger partial charge is 0.382 e. The van der Waals surface area contributed by atoms with Crippen molar-refractivity contribution in [3.05, 3.63) is 29.3 Å². The van der Waals surface area contributed by atoms with Crippen LogP contribution >= 0.6 is 15.6 Å². The standard InChI is InChI=1S/C21H26N10O11P2/c1-9-14-11(40-19(9)30-7-26-12-15(22)24-6-25-16(12)30)4-39-44(35,36)42-21(2-10(37-5-21)3-38-43(33,34)41-14)31-8-27-13-17(31)28-20(23)29-18(13)32/h6-11,14,19H,2-5H2,1H3,(H,33,34)(H,35,36)(H2,22,24,25)(H3,23,28,29,32)/t9-,10+,11?,14+,19?,21-/m1/s1. The van der Waals surface area contributed by atoms with Crippen LogP contribution in [0.25, 0.3) is 22.3 Å². The summed E-state index contributed by atoms with van der Waals surface area (Å²) in [6.45, 7) is 0.185. The van der Waals surface area contributed by atoms with Gasteiger partial charge in [-0.3, -0.25) is 37.0 Å². The topological polar surface area (TPSA) is 289 Å². The Hall–Kier alpha value is -3.36. The molecule has 0 spiro atoms. The first-order valence-electron chi connectivity index (χ1n) is 13.1. The zero-order chi connectivity index (χ0) is 31.0. The summed E-state index contributed by atoms with van der Waals surface area (Å²) in [6.07, 6.45) is -0.585. The number of ether oxygens (including phenoxy) is 2. The quantitative estimate of drug-likeness (QED) is 0.174. The molecule has 3 aliphatic rings. The van der Waals surface area contributed by atoms with Gasteiger partial charge in [-0.2, -0.15) is 4.98 Å². The van der Waals surface area contributed by atoms with E-state index in [1.54, 1.807) is 6.92 Å². The van der Waals surface area contributed by atoms with E-state index >= 15 is 0 Å². The van der Waals surface area contributed by atoms with E-state index < -0.39 is 70.6 Å². The molecular formula is C21H26N10O11P2. The third-order valence-electron chi connectivity index (χ3n) is 7.63. The number of H-pyrrole nitrogens is 1. The van der Waals surface area contributed by atoms with Gasteiger partial charge in [-0.15, -0.1) is 0 Å². The molecule has 0 aromatic carbocycles. The van der Waals surface area contributed by atoms with Crippen molar-refractivity contribution in [3.63, 3.8) is 0 Å². The molecule has 3 aliphatic heterocycles. The van der Waals surface area contributed by atoms with Crippen LogP contribution in [-0.4, -0.2) is 87.0 Å². The maximum atomic E-state index is 13.5.